The first-order chi connectivity index (χ1) is 9.78. The molecular formula is C17H21NOS. The highest BCUT2D eigenvalue weighted by atomic mass is 32.2. The fraction of sp³-hybridized carbons (Fsp3) is 0.294. The van der Waals surface area contributed by atoms with Gasteiger partial charge in [0, 0.05) is 17.5 Å². The molecule has 2 rings (SSSR count). The fourth-order valence-corrected chi connectivity index (χ4v) is 2.54. The van der Waals surface area contributed by atoms with Crippen LogP contribution in [0.2, 0.25) is 0 Å². The number of hydrogen-bond donors (Lipinski definition) is 1. The summed E-state index contributed by atoms with van der Waals surface area (Å²) in [6, 6.07) is 18.4. The van der Waals surface area contributed by atoms with Gasteiger partial charge in [-0.1, -0.05) is 25.1 Å². The number of rotatable bonds is 7. The average molecular weight is 287 g/mol. The molecule has 0 bridgehead atoms. The summed E-state index contributed by atoms with van der Waals surface area (Å²) in [6.45, 7) is 4.39. The Hall–Kier alpha value is -1.61. The number of thioether (sulfide) groups is 1. The van der Waals surface area contributed by atoms with Gasteiger partial charge in [0.2, 0.25) is 0 Å². The second kappa shape index (κ2) is 7.85. The molecule has 0 aromatic heterocycles. The van der Waals surface area contributed by atoms with E-state index >= 15 is 0 Å². The molecule has 0 saturated heterocycles. The summed E-state index contributed by atoms with van der Waals surface area (Å²) < 4.78 is 5.77. The Bertz CT molecular complexity index is 498. The molecule has 2 aromatic carbocycles. The minimum atomic E-state index is 0.473. The van der Waals surface area contributed by atoms with Gasteiger partial charge in [-0.2, -0.15) is 11.8 Å². The van der Waals surface area contributed by atoms with E-state index in [2.05, 4.69) is 31.3 Å². The van der Waals surface area contributed by atoms with Crippen LogP contribution in [0.3, 0.4) is 0 Å². The van der Waals surface area contributed by atoms with Crippen LogP contribution < -0.4 is 10.1 Å². The van der Waals surface area contributed by atoms with Crippen molar-refractivity contribution in [1.29, 1.82) is 0 Å². The number of para-hydroxylation sites is 1. The molecule has 0 aliphatic carbocycles. The molecule has 2 nitrogen and oxygen atoms in total. The van der Waals surface area contributed by atoms with E-state index in [0.717, 1.165) is 28.7 Å². The number of hydrogen-bond acceptors (Lipinski definition) is 3. The zero-order valence-corrected chi connectivity index (χ0v) is 12.8. The maximum absolute atomic E-state index is 5.77. The van der Waals surface area contributed by atoms with Gasteiger partial charge in [0.15, 0.2) is 0 Å². The third-order valence-corrected chi connectivity index (χ3v) is 3.96. The van der Waals surface area contributed by atoms with Crippen LogP contribution in [-0.2, 0) is 0 Å². The van der Waals surface area contributed by atoms with E-state index in [9.17, 15) is 0 Å². The summed E-state index contributed by atoms with van der Waals surface area (Å²) >= 11 is 1.95. The topological polar surface area (TPSA) is 21.3 Å². The Balaban J connectivity index is 1.89. The minimum absolute atomic E-state index is 0.473. The molecule has 20 heavy (non-hydrogen) atoms. The van der Waals surface area contributed by atoms with Crippen LogP contribution >= 0.6 is 11.8 Å². The Morgan fingerprint density at radius 3 is 2.30 bits per heavy atom. The summed E-state index contributed by atoms with van der Waals surface area (Å²) in [5.41, 5.74) is 1.13. The molecule has 1 unspecified atom stereocenters. The summed E-state index contributed by atoms with van der Waals surface area (Å²) in [7, 11) is 0. The SMILES string of the molecule is CCSCC(C)Nc1ccc(Oc2ccccc2)cc1. The zero-order valence-electron chi connectivity index (χ0n) is 12.0. The van der Waals surface area contributed by atoms with E-state index in [-0.39, 0.29) is 0 Å². The largest absolute Gasteiger partial charge is 0.457 e. The minimum Gasteiger partial charge on any atom is -0.457 e. The highest BCUT2D eigenvalue weighted by Gasteiger charge is 2.02. The molecule has 0 spiro atoms. The molecule has 3 heteroatoms. The average Bonchev–Trinajstić information content (AvgIpc) is 2.48. The van der Waals surface area contributed by atoms with Gasteiger partial charge in [-0.3, -0.25) is 0 Å². The smallest absolute Gasteiger partial charge is 0.127 e. The highest BCUT2D eigenvalue weighted by molar-refractivity contribution is 7.99. The van der Waals surface area contributed by atoms with Crippen LogP contribution in [0.1, 0.15) is 13.8 Å². The van der Waals surface area contributed by atoms with Crippen LogP contribution in [0.15, 0.2) is 54.6 Å². The van der Waals surface area contributed by atoms with Crippen LogP contribution in [-0.4, -0.2) is 17.5 Å². The normalized spacial score (nSPS) is 11.9. The van der Waals surface area contributed by atoms with Crippen LogP contribution in [0.4, 0.5) is 5.69 Å². The van der Waals surface area contributed by atoms with Gasteiger partial charge < -0.3 is 10.1 Å². The van der Waals surface area contributed by atoms with Crippen LogP contribution in [0.25, 0.3) is 0 Å². The summed E-state index contributed by atoms with van der Waals surface area (Å²) in [6.07, 6.45) is 0. The maximum Gasteiger partial charge on any atom is 0.127 e. The highest BCUT2D eigenvalue weighted by Crippen LogP contribution is 2.23. The second-order valence-corrected chi connectivity index (χ2v) is 5.96. The van der Waals surface area contributed by atoms with Crippen molar-refractivity contribution >= 4 is 17.4 Å². The Morgan fingerprint density at radius 2 is 1.65 bits per heavy atom. The van der Waals surface area contributed by atoms with Gasteiger partial charge in [-0.25, -0.2) is 0 Å². The van der Waals surface area contributed by atoms with Gasteiger partial charge >= 0.3 is 0 Å². The summed E-state index contributed by atoms with van der Waals surface area (Å²) in [5.74, 6) is 4.01. The third kappa shape index (κ3) is 4.82. The molecule has 0 aliphatic heterocycles. The van der Waals surface area contributed by atoms with Crippen molar-refractivity contribution in [3.05, 3.63) is 54.6 Å². The second-order valence-electron chi connectivity index (χ2n) is 4.64. The van der Waals surface area contributed by atoms with Gasteiger partial charge in [-0.05, 0) is 49.1 Å². The molecule has 0 saturated carbocycles. The fourth-order valence-electron chi connectivity index (χ4n) is 1.86. The predicted octanol–water partition coefficient (Wildman–Crippen LogP) is 5.03. The first-order valence-corrected chi connectivity index (χ1v) is 8.10. The monoisotopic (exact) mass is 287 g/mol. The first kappa shape index (κ1) is 14.8. The lowest BCUT2D eigenvalue weighted by atomic mass is 10.2. The number of ether oxygens (including phenoxy) is 1. The van der Waals surface area contributed by atoms with Crippen molar-refractivity contribution in [3.8, 4) is 11.5 Å². The van der Waals surface area contributed by atoms with Crippen molar-refractivity contribution in [3.63, 3.8) is 0 Å². The molecule has 2 aromatic rings. The number of benzene rings is 2. The van der Waals surface area contributed by atoms with E-state index in [1.165, 1.54) is 0 Å². The Kier molecular flexibility index (Phi) is 5.81. The van der Waals surface area contributed by atoms with Crippen molar-refractivity contribution in [2.45, 2.75) is 19.9 Å². The van der Waals surface area contributed by atoms with Crippen LogP contribution in [0, 0.1) is 0 Å². The molecule has 106 valence electrons. The summed E-state index contributed by atoms with van der Waals surface area (Å²) in [4.78, 5) is 0. The summed E-state index contributed by atoms with van der Waals surface area (Å²) in [5, 5.41) is 3.49. The lowest BCUT2D eigenvalue weighted by molar-refractivity contribution is 0.483. The quantitative estimate of drug-likeness (QED) is 0.771. The van der Waals surface area contributed by atoms with E-state index in [4.69, 9.17) is 4.74 Å². The maximum atomic E-state index is 5.77. The zero-order chi connectivity index (χ0) is 14.2. The van der Waals surface area contributed by atoms with Crippen molar-refractivity contribution in [2.24, 2.45) is 0 Å². The lowest BCUT2D eigenvalue weighted by Crippen LogP contribution is -2.17. The lowest BCUT2D eigenvalue weighted by Gasteiger charge is -2.15. The molecule has 0 fully saturated rings. The Morgan fingerprint density at radius 1 is 1.00 bits per heavy atom. The molecule has 0 aliphatic rings. The third-order valence-electron chi connectivity index (χ3n) is 2.82. The van der Waals surface area contributed by atoms with E-state index in [0.29, 0.717) is 6.04 Å². The number of nitrogens with one attached hydrogen (secondary N) is 1. The molecule has 1 atom stereocenters. The molecule has 1 N–H and O–H groups in total. The van der Waals surface area contributed by atoms with Crippen molar-refractivity contribution < 1.29 is 4.74 Å². The molecule has 0 radical (unpaired) electrons. The van der Waals surface area contributed by atoms with Crippen molar-refractivity contribution in [1.82, 2.24) is 0 Å². The van der Waals surface area contributed by atoms with E-state index in [1.807, 2.05) is 54.2 Å². The van der Waals surface area contributed by atoms with Gasteiger partial charge in [-0.15, -0.1) is 0 Å². The standard InChI is InChI=1S/C17H21NOS/c1-3-20-13-14(2)18-15-9-11-17(12-10-15)19-16-7-5-4-6-8-16/h4-12,14,18H,3,13H2,1-2H3. The first-order valence-electron chi connectivity index (χ1n) is 6.95. The van der Waals surface area contributed by atoms with Crippen molar-refractivity contribution in [2.75, 3.05) is 16.8 Å². The Labute approximate surface area is 125 Å². The van der Waals surface area contributed by atoms with Crippen LogP contribution in [0.5, 0.6) is 11.5 Å². The number of anilines is 1. The van der Waals surface area contributed by atoms with E-state index < -0.39 is 0 Å². The van der Waals surface area contributed by atoms with Gasteiger partial charge in [0.1, 0.15) is 11.5 Å². The van der Waals surface area contributed by atoms with Gasteiger partial charge in [0.25, 0.3) is 0 Å². The molecule has 0 amide bonds. The molecule has 0 heterocycles. The molecular weight excluding hydrogens is 266 g/mol. The predicted molar refractivity (Wildman–Crippen MR) is 89.0 cm³/mol. The van der Waals surface area contributed by atoms with Gasteiger partial charge in [0.05, 0.1) is 0 Å². The van der Waals surface area contributed by atoms with E-state index in [1.54, 1.807) is 0 Å².